The first-order valence-electron chi connectivity index (χ1n) is 9.08. The van der Waals surface area contributed by atoms with Crippen LogP contribution < -0.4 is 10.1 Å². The first-order valence-corrected chi connectivity index (χ1v) is 10.2. The third-order valence-corrected chi connectivity index (χ3v) is 5.15. The highest BCUT2D eigenvalue weighted by Gasteiger charge is 2.12. The molecule has 0 atom stereocenters. The average molecular weight is 416 g/mol. The molecule has 0 bridgehead atoms. The lowest BCUT2D eigenvalue weighted by Gasteiger charge is -2.11. The second kappa shape index (κ2) is 10.7. The van der Waals surface area contributed by atoms with Crippen LogP contribution in [0.25, 0.3) is 0 Å². The summed E-state index contributed by atoms with van der Waals surface area (Å²) in [6.45, 7) is 5.00. The number of hydrogen-bond acceptors (Lipinski definition) is 6. The first kappa shape index (κ1) is 22.5. The number of carbonyl (C=O) groups excluding carboxylic acids is 3. The van der Waals surface area contributed by atoms with Gasteiger partial charge in [-0.1, -0.05) is 12.1 Å². The smallest absolute Gasteiger partial charge is 0.316 e. The molecule has 0 unspecified atom stereocenters. The van der Waals surface area contributed by atoms with E-state index in [4.69, 9.17) is 9.47 Å². The monoisotopic (exact) mass is 415 g/mol. The van der Waals surface area contributed by atoms with E-state index in [-0.39, 0.29) is 24.1 Å². The topological polar surface area (TPSA) is 81.7 Å². The summed E-state index contributed by atoms with van der Waals surface area (Å²) in [5.74, 6) is 0.329. The van der Waals surface area contributed by atoms with Gasteiger partial charge in [-0.25, -0.2) is 0 Å². The molecule has 0 heterocycles. The molecule has 0 saturated carbocycles. The Morgan fingerprint density at radius 3 is 2.52 bits per heavy atom. The molecule has 1 N–H and O–H groups in total. The van der Waals surface area contributed by atoms with Crippen molar-refractivity contribution in [1.29, 1.82) is 0 Å². The zero-order valence-electron chi connectivity index (χ0n) is 17.0. The van der Waals surface area contributed by atoms with Crippen LogP contribution in [0.4, 0.5) is 5.69 Å². The van der Waals surface area contributed by atoms with Crippen molar-refractivity contribution in [3.63, 3.8) is 0 Å². The maximum atomic E-state index is 12.0. The van der Waals surface area contributed by atoms with Crippen molar-refractivity contribution in [2.24, 2.45) is 0 Å². The number of methoxy groups -OCH3 is 1. The highest BCUT2D eigenvalue weighted by Crippen LogP contribution is 2.25. The normalized spacial score (nSPS) is 10.3. The number of ether oxygens (including phenoxy) is 2. The summed E-state index contributed by atoms with van der Waals surface area (Å²) in [5.41, 5.74) is 4.09. The van der Waals surface area contributed by atoms with Crippen molar-refractivity contribution in [2.45, 2.75) is 26.5 Å². The summed E-state index contributed by atoms with van der Waals surface area (Å²) in [7, 11) is 1.56. The van der Waals surface area contributed by atoms with Gasteiger partial charge in [0.25, 0.3) is 5.91 Å². The molecule has 0 saturated heterocycles. The molecule has 2 aromatic carbocycles. The van der Waals surface area contributed by atoms with Crippen molar-refractivity contribution in [2.75, 3.05) is 24.8 Å². The molecule has 0 fully saturated rings. The van der Waals surface area contributed by atoms with Gasteiger partial charge in [0.15, 0.2) is 12.4 Å². The van der Waals surface area contributed by atoms with Crippen LogP contribution in [0.2, 0.25) is 0 Å². The summed E-state index contributed by atoms with van der Waals surface area (Å²) in [5, 5.41) is 2.75. The molecule has 0 aliphatic rings. The maximum Gasteiger partial charge on any atom is 0.316 e. The van der Waals surface area contributed by atoms with E-state index >= 15 is 0 Å². The summed E-state index contributed by atoms with van der Waals surface area (Å²) < 4.78 is 10.3. The minimum atomic E-state index is -0.479. The molecule has 2 rings (SSSR count). The second-order valence-electron chi connectivity index (χ2n) is 6.60. The van der Waals surface area contributed by atoms with E-state index in [1.165, 1.54) is 18.7 Å². The Bertz CT molecular complexity index is 910. The minimum Gasteiger partial charge on any atom is -0.496 e. The fourth-order valence-electron chi connectivity index (χ4n) is 2.60. The Hall–Kier alpha value is -2.80. The van der Waals surface area contributed by atoms with Crippen molar-refractivity contribution in [3.8, 4) is 5.75 Å². The average Bonchev–Trinajstić information content (AvgIpc) is 2.69. The van der Waals surface area contributed by atoms with Crippen LogP contribution in [0.3, 0.4) is 0 Å². The van der Waals surface area contributed by atoms with Gasteiger partial charge in [0.2, 0.25) is 0 Å². The fraction of sp³-hybridized carbons (Fsp3) is 0.318. The molecule has 0 aliphatic heterocycles. The number of esters is 1. The largest absolute Gasteiger partial charge is 0.496 e. The third-order valence-electron chi connectivity index (χ3n) is 4.20. The number of benzene rings is 2. The number of Topliss-reactive ketones (excluding diaryl/α,β-unsaturated/α-hetero) is 1. The van der Waals surface area contributed by atoms with E-state index in [0.717, 1.165) is 16.7 Å². The van der Waals surface area contributed by atoms with Crippen molar-refractivity contribution < 1.29 is 23.9 Å². The van der Waals surface area contributed by atoms with E-state index in [9.17, 15) is 14.4 Å². The van der Waals surface area contributed by atoms with Crippen molar-refractivity contribution >= 4 is 35.1 Å². The molecular weight excluding hydrogens is 390 g/mol. The van der Waals surface area contributed by atoms with E-state index < -0.39 is 5.97 Å². The fourth-order valence-corrected chi connectivity index (χ4v) is 3.40. The zero-order chi connectivity index (χ0) is 21.4. The molecule has 154 valence electrons. The van der Waals surface area contributed by atoms with Gasteiger partial charge in [-0.15, -0.1) is 11.8 Å². The van der Waals surface area contributed by atoms with E-state index in [1.807, 2.05) is 32.0 Å². The van der Waals surface area contributed by atoms with Crippen LogP contribution in [-0.2, 0) is 20.1 Å². The lowest BCUT2D eigenvalue weighted by atomic mass is 10.1. The number of ketones is 1. The molecule has 7 heteroatoms. The molecule has 0 spiro atoms. The predicted molar refractivity (Wildman–Crippen MR) is 115 cm³/mol. The van der Waals surface area contributed by atoms with Gasteiger partial charge in [0, 0.05) is 22.6 Å². The Labute approximate surface area is 175 Å². The van der Waals surface area contributed by atoms with Gasteiger partial charge in [0.1, 0.15) is 5.75 Å². The number of aryl methyl sites for hydroxylation is 2. The van der Waals surface area contributed by atoms with Crippen molar-refractivity contribution in [3.05, 3.63) is 58.7 Å². The van der Waals surface area contributed by atoms with Gasteiger partial charge in [-0.05, 0) is 56.2 Å². The lowest BCUT2D eigenvalue weighted by molar-refractivity contribution is -0.144. The number of nitrogens with one attached hydrogen (secondary N) is 1. The molecule has 0 radical (unpaired) electrons. The molecule has 0 aliphatic carbocycles. The summed E-state index contributed by atoms with van der Waals surface area (Å²) >= 11 is 1.33. The van der Waals surface area contributed by atoms with Crippen molar-refractivity contribution in [1.82, 2.24) is 0 Å². The predicted octanol–water partition coefficient (Wildman–Crippen LogP) is 3.93. The van der Waals surface area contributed by atoms with E-state index in [2.05, 4.69) is 5.32 Å². The van der Waals surface area contributed by atoms with Gasteiger partial charge in [-0.3, -0.25) is 14.4 Å². The Morgan fingerprint density at radius 2 is 1.83 bits per heavy atom. The number of amides is 1. The molecule has 6 nitrogen and oxygen atoms in total. The summed E-state index contributed by atoms with van der Waals surface area (Å²) in [6, 6.07) is 11.0. The van der Waals surface area contributed by atoms with E-state index in [0.29, 0.717) is 22.8 Å². The zero-order valence-corrected chi connectivity index (χ0v) is 17.9. The highest BCUT2D eigenvalue weighted by molar-refractivity contribution is 7.99. The minimum absolute atomic E-state index is 0.0341. The number of thioether (sulfide) groups is 1. The lowest BCUT2D eigenvalue weighted by Crippen LogP contribution is -2.22. The van der Waals surface area contributed by atoms with Crippen LogP contribution in [-0.4, -0.2) is 37.1 Å². The number of hydrogen-bond donors (Lipinski definition) is 1. The number of rotatable bonds is 9. The first-order chi connectivity index (χ1) is 13.8. The Balaban J connectivity index is 1.80. The molecular formula is C22H25NO5S. The van der Waals surface area contributed by atoms with Crippen LogP contribution in [0.1, 0.15) is 34.0 Å². The number of anilines is 1. The number of carbonyl (C=O) groups is 3. The van der Waals surface area contributed by atoms with Gasteiger partial charge in [-0.2, -0.15) is 0 Å². The Kier molecular flexibility index (Phi) is 8.27. The Morgan fingerprint density at radius 1 is 1.07 bits per heavy atom. The van der Waals surface area contributed by atoms with Crippen LogP contribution >= 0.6 is 11.8 Å². The summed E-state index contributed by atoms with van der Waals surface area (Å²) in [6.07, 6.45) is 0. The SMILES string of the molecule is COc1ccc(C(C)=O)cc1CSCC(=O)OCC(=O)Nc1cc(C)ccc1C. The molecule has 2 aromatic rings. The standard InChI is InChI=1S/C22H25NO5S/c1-14-5-6-15(2)19(9-14)23-21(25)11-28-22(26)13-29-12-18-10-17(16(3)24)7-8-20(18)27-4/h5-10H,11-13H2,1-4H3,(H,23,25). The maximum absolute atomic E-state index is 12.0. The third kappa shape index (κ3) is 6.94. The van der Waals surface area contributed by atoms with Gasteiger partial charge in [0.05, 0.1) is 12.9 Å². The van der Waals surface area contributed by atoms with Crippen LogP contribution in [0.5, 0.6) is 5.75 Å². The van der Waals surface area contributed by atoms with E-state index in [1.54, 1.807) is 25.3 Å². The highest BCUT2D eigenvalue weighted by atomic mass is 32.2. The van der Waals surface area contributed by atoms with Gasteiger partial charge < -0.3 is 14.8 Å². The molecule has 29 heavy (non-hydrogen) atoms. The quantitative estimate of drug-likeness (QED) is 0.494. The molecule has 0 aromatic heterocycles. The molecule has 1 amide bonds. The van der Waals surface area contributed by atoms with Crippen LogP contribution in [0.15, 0.2) is 36.4 Å². The second-order valence-corrected chi connectivity index (χ2v) is 7.59. The summed E-state index contributed by atoms with van der Waals surface area (Å²) in [4.78, 5) is 35.5. The van der Waals surface area contributed by atoms with Gasteiger partial charge >= 0.3 is 5.97 Å². The van der Waals surface area contributed by atoms with Crippen LogP contribution in [0, 0.1) is 13.8 Å².